The molecule has 2 amide bonds. The number of hydrogen-bond donors (Lipinski definition) is 6. The minimum absolute atomic E-state index is 0.0717. The highest BCUT2D eigenvalue weighted by atomic mass is 32.2. The van der Waals surface area contributed by atoms with Gasteiger partial charge in [-0.15, -0.1) is 0 Å². The lowest BCUT2D eigenvalue weighted by molar-refractivity contribution is -0.139. The molecule has 0 unspecified atom stereocenters. The van der Waals surface area contributed by atoms with Gasteiger partial charge in [0, 0.05) is 19.9 Å². The van der Waals surface area contributed by atoms with Gasteiger partial charge in [-0.25, -0.2) is 18.4 Å². The Morgan fingerprint density at radius 2 is 1.97 bits per heavy atom. The second-order valence-corrected chi connectivity index (χ2v) is 10.7. The van der Waals surface area contributed by atoms with Crippen molar-refractivity contribution in [3.63, 3.8) is 0 Å². The van der Waals surface area contributed by atoms with Gasteiger partial charge in [0.15, 0.2) is 5.96 Å². The normalized spacial score (nSPS) is 15.7. The Kier molecular flexibility index (Phi) is 8.74. The highest BCUT2D eigenvalue weighted by Crippen LogP contribution is 2.23. The SMILES string of the molecule is CC(=O)Nc1cnc(S(=O)(=O)N[C@@H](CNC(=O)C[C@@H]2CC(c3ccc(N=C(N)N)cc3)=NO2)C(=O)O)s1. The molecule has 15 nitrogen and oxygen atoms in total. The average molecular weight is 553 g/mol. The number of nitrogens with zero attached hydrogens (tertiary/aromatic N) is 3. The molecule has 1 aromatic heterocycles. The summed E-state index contributed by atoms with van der Waals surface area (Å²) in [7, 11) is -4.33. The molecule has 0 bridgehead atoms. The number of nitrogens with one attached hydrogen (secondary N) is 3. The lowest BCUT2D eigenvalue weighted by Gasteiger charge is -2.15. The van der Waals surface area contributed by atoms with Crippen molar-refractivity contribution in [2.75, 3.05) is 11.9 Å². The molecule has 0 spiro atoms. The number of thiazole rings is 1. The third-order valence-corrected chi connectivity index (χ3v) is 7.49. The van der Waals surface area contributed by atoms with Gasteiger partial charge in [-0.1, -0.05) is 28.6 Å². The van der Waals surface area contributed by atoms with E-state index in [1.165, 1.54) is 6.92 Å². The van der Waals surface area contributed by atoms with Crippen molar-refractivity contribution in [2.24, 2.45) is 21.6 Å². The zero-order chi connectivity index (χ0) is 27.2. The van der Waals surface area contributed by atoms with E-state index in [2.05, 4.69) is 25.8 Å². The van der Waals surface area contributed by atoms with Gasteiger partial charge in [0.25, 0.3) is 10.0 Å². The van der Waals surface area contributed by atoms with Crippen LogP contribution >= 0.6 is 11.3 Å². The summed E-state index contributed by atoms with van der Waals surface area (Å²) in [6.45, 7) is 0.718. The first-order valence-corrected chi connectivity index (χ1v) is 12.9. The third-order valence-electron chi connectivity index (χ3n) is 4.72. The predicted octanol–water partition coefficient (Wildman–Crippen LogP) is -0.563. The lowest BCUT2D eigenvalue weighted by Crippen LogP contribution is -2.48. The van der Waals surface area contributed by atoms with Crippen LogP contribution in [0.3, 0.4) is 0 Å². The molecular weight excluding hydrogens is 528 g/mol. The summed E-state index contributed by atoms with van der Waals surface area (Å²) in [6.07, 6.45) is 0.735. The van der Waals surface area contributed by atoms with Crippen LogP contribution in [0, 0.1) is 0 Å². The first kappa shape index (κ1) is 27.5. The largest absolute Gasteiger partial charge is 0.480 e. The molecule has 2 atom stereocenters. The number of nitrogens with two attached hydrogens (primary N) is 2. The quantitative estimate of drug-likeness (QED) is 0.153. The molecule has 0 radical (unpaired) electrons. The number of amides is 2. The molecule has 1 aromatic carbocycles. The van der Waals surface area contributed by atoms with E-state index in [9.17, 15) is 27.9 Å². The smallest absolute Gasteiger partial charge is 0.323 e. The molecule has 198 valence electrons. The van der Waals surface area contributed by atoms with Gasteiger partial charge in [0.1, 0.15) is 17.1 Å². The Bertz CT molecular complexity index is 1330. The molecule has 17 heteroatoms. The summed E-state index contributed by atoms with van der Waals surface area (Å²) in [6, 6.07) is 5.21. The Morgan fingerprint density at radius 3 is 2.59 bits per heavy atom. The molecule has 0 saturated carbocycles. The number of aliphatic carboxylic acids is 1. The highest BCUT2D eigenvalue weighted by Gasteiger charge is 2.29. The Balaban J connectivity index is 1.51. The number of sulfonamides is 1. The van der Waals surface area contributed by atoms with E-state index in [1.807, 2.05) is 4.72 Å². The molecule has 0 aliphatic carbocycles. The highest BCUT2D eigenvalue weighted by molar-refractivity contribution is 7.91. The monoisotopic (exact) mass is 552 g/mol. The van der Waals surface area contributed by atoms with Gasteiger partial charge in [0.2, 0.25) is 16.2 Å². The molecule has 1 aliphatic rings. The summed E-state index contributed by atoms with van der Waals surface area (Å²) in [4.78, 5) is 48.0. The summed E-state index contributed by atoms with van der Waals surface area (Å²) in [5, 5.41) is 18.4. The van der Waals surface area contributed by atoms with Crippen LogP contribution in [-0.2, 0) is 29.2 Å². The summed E-state index contributed by atoms with van der Waals surface area (Å²) in [5.74, 6) is -2.56. The maximum Gasteiger partial charge on any atom is 0.323 e. The fourth-order valence-corrected chi connectivity index (χ4v) is 5.41. The van der Waals surface area contributed by atoms with Crippen LogP contribution in [0.2, 0.25) is 0 Å². The first-order valence-electron chi connectivity index (χ1n) is 10.6. The van der Waals surface area contributed by atoms with Gasteiger partial charge in [0.05, 0.1) is 24.0 Å². The van der Waals surface area contributed by atoms with Crippen molar-refractivity contribution in [2.45, 2.75) is 36.3 Å². The number of benzene rings is 1. The number of guanidine groups is 1. The molecule has 0 fully saturated rings. The standard InChI is InChI=1S/C20H24N8O7S2/c1-10(29)25-17-9-24-20(36-17)37(33,34)28-15(18(31)32)8-23-16(30)7-13-6-14(27-35-13)11-2-4-12(5-3-11)26-19(21)22/h2-5,9,13,15,28H,6-8H2,1H3,(H,23,30)(H,25,29)(H,31,32)(H4,21,22,26)/t13-,15-/m0/s1. The number of carbonyl (C=O) groups excluding carboxylic acids is 2. The van der Waals surface area contributed by atoms with Gasteiger partial charge in [-0.3, -0.25) is 14.4 Å². The Hall–Kier alpha value is -4.09. The average Bonchev–Trinajstić information content (AvgIpc) is 3.46. The Morgan fingerprint density at radius 1 is 1.27 bits per heavy atom. The van der Waals surface area contributed by atoms with E-state index in [0.717, 1.165) is 11.8 Å². The molecular formula is C20H24N8O7S2. The van der Waals surface area contributed by atoms with Crippen LogP contribution in [0.1, 0.15) is 25.3 Å². The molecule has 0 saturated heterocycles. The number of anilines is 1. The van der Waals surface area contributed by atoms with Crippen LogP contribution in [0.5, 0.6) is 0 Å². The fourth-order valence-electron chi connectivity index (χ4n) is 3.11. The molecule has 2 heterocycles. The van der Waals surface area contributed by atoms with E-state index < -0.39 is 50.8 Å². The van der Waals surface area contributed by atoms with Gasteiger partial charge in [-0.05, 0) is 17.7 Å². The van der Waals surface area contributed by atoms with Crippen LogP contribution in [-0.4, -0.2) is 66.7 Å². The topological polar surface area (TPSA) is 241 Å². The maximum atomic E-state index is 12.5. The minimum Gasteiger partial charge on any atom is -0.480 e. The zero-order valence-corrected chi connectivity index (χ0v) is 21.0. The summed E-state index contributed by atoms with van der Waals surface area (Å²) >= 11 is 0.649. The number of carboxylic acids is 1. The van der Waals surface area contributed by atoms with E-state index in [1.54, 1.807) is 24.3 Å². The fraction of sp³-hybridized carbons (Fsp3) is 0.300. The van der Waals surface area contributed by atoms with Crippen LogP contribution in [0.15, 0.2) is 45.0 Å². The van der Waals surface area contributed by atoms with E-state index in [0.29, 0.717) is 29.2 Å². The molecule has 8 N–H and O–H groups in total. The maximum absolute atomic E-state index is 12.5. The van der Waals surface area contributed by atoms with Crippen molar-refractivity contribution in [3.8, 4) is 0 Å². The summed E-state index contributed by atoms with van der Waals surface area (Å²) < 4.78 is 26.6. The van der Waals surface area contributed by atoms with Crippen molar-refractivity contribution in [3.05, 3.63) is 36.0 Å². The number of oxime groups is 1. The molecule has 2 aromatic rings. The van der Waals surface area contributed by atoms with Gasteiger partial charge >= 0.3 is 5.97 Å². The number of aromatic nitrogens is 1. The molecule has 37 heavy (non-hydrogen) atoms. The Labute approximate surface area is 215 Å². The van der Waals surface area contributed by atoms with Gasteiger partial charge < -0.3 is 32.0 Å². The van der Waals surface area contributed by atoms with Crippen molar-refractivity contribution in [1.29, 1.82) is 0 Å². The van der Waals surface area contributed by atoms with Crippen molar-refractivity contribution in [1.82, 2.24) is 15.0 Å². The van der Waals surface area contributed by atoms with Crippen molar-refractivity contribution < 1.29 is 32.7 Å². The van der Waals surface area contributed by atoms with Crippen LogP contribution < -0.4 is 26.8 Å². The second kappa shape index (κ2) is 11.8. The third kappa shape index (κ3) is 7.95. The predicted molar refractivity (Wildman–Crippen MR) is 134 cm³/mol. The number of carbonyl (C=O) groups is 3. The number of carboxylic acid groups (broad SMARTS) is 1. The zero-order valence-electron chi connectivity index (χ0n) is 19.4. The molecule has 1 aliphatic heterocycles. The molecule has 3 rings (SSSR count). The van der Waals surface area contributed by atoms with Crippen LogP contribution in [0.25, 0.3) is 0 Å². The first-order chi connectivity index (χ1) is 17.4. The summed E-state index contributed by atoms with van der Waals surface area (Å²) in [5.41, 5.74) is 12.6. The van der Waals surface area contributed by atoms with E-state index >= 15 is 0 Å². The second-order valence-electron chi connectivity index (χ2n) is 7.74. The lowest BCUT2D eigenvalue weighted by atomic mass is 10.0. The van der Waals surface area contributed by atoms with Crippen LogP contribution in [0.4, 0.5) is 10.7 Å². The van der Waals surface area contributed by atoms with E-state index in [-0.39, 0.29) is 17.4 Å². The number of rotatable bonds is 11. The van der Waals surface area contributed by atoms with Gasteiger partial charge in [-0.2, -0.15) is 4.72 Å². The van der Waals surface area contributed by atoms with Crippen molar-refractivity contribution >= 4 is 61.5 Å². The number of hydrogen-bond acceptors (Lipinski definition) is 10. The number of aliphatic imine (C=N–C) groups is 1. The minimum atomic E-state index is -4.33. The van der Waals surface area contributed by atoms with E-state index in [4.69, 9.17) is 16.3 Å².